The molecular formula is C23H29ClN2O2. The summed E-state index contributed by atoms with van der Waals surface area (Å²) in [5.74, 6) is -0.0120. The lowest BCUT2D eigenvalue weighted by Crippen LogP contribution is -2.44. The Labute approximate surface area is 172 Å². The summed E-state index contributed by atoms with van der Waals surface area (Å²) >= 11 is 6.07. The van der Waals surface area contributed by atoms with Gasteiger partial charge in [-0.05, 0) is 29.7 Å². The number of hydrogen-bond donors (Lipinski definition) is 1. The van der Waals surface area contributed by atoms with Crippen LogP contribution in [0.5, 0.6) is 0 Å². The Kier molecular flexibility index (Phi) is 7.90. The highest BCUT2D eigenvalue weighted by atomic mass is 35.5. The molecule has 2 atom stereocenters. The molecule has 0 aliphatic carbocycles. The second kappa shape index (κ2) is 10.6. The van der Waals surface area contributed by atoms with Gasteiger partial charge in [-0.25, -0.2) is 0 Å². The van der Waals surface area contributed by atoms with Crippen LogP contribution in [0.3, 0.4) is 0 Å². The lowest BCUT2D eigenvalue weighted by atomic mass is 9.93. The van der Waals surface area contributed by atoms with Gasteiger partial charge in [-0.3, -0.25) is 9.69 Å². The van der Waals surface area contributed by atoms with Crippen molar-refractivity contribution in [1.82, 2.24) is 10.2 Å². The van der Waals surface area contributed by atoms with Crippen LogP contribution in [0.1, 0.15) is 42.9 Å². The molecule has 1 amide bonds. The minimum absolute atomic E-state index is 0.0975. The zero-order valence-electron chi connectivity index (χ0n) is 16.4. The monoisotopic (exact) mass is 400 g/mol. The van der Waals surface area contributed by atoms with Gasteiger partial charge in [0.15, 0.2) is 0 Å². The molecule has 1 saturated heterocycles. The van der Waals surface area contributed by atoms with Gasteiger partial charge < -0.3 is 10.1 Å². The van der Waals surface area contributed by atoms with Crippen LogP contribution in [-0.2, 0) is 9.53 Å². The third-order valence-electron chi connectivity index (χ3n) is 5.31. The van der Waals surface area contributed by atoms with Crippen LogP contribution in [-0.4, -0.2) is 43.7 Å². The van der Waals surface area contributed by atoms with Crippen LogP contribution >= 0.6 is 11.6 Å². The fourth-order valence-electron chi connectivity index (χ4n) is 3.78. The maximum atomic E-state index is 13.0. The average Bonchev–Trinajstić information content (AvgIpc) is 2.74. The van der Waals surface area contributed by atoms with E-state index in [1.165, 1.54) is 5.56 Å². The number of nitrogens with one attached hydrogen (secondary N) is 1. The van der Waals surface area contributed by atoms with Crippen LogP contribution in [0, 0.1) is 0 Å². The summed E-state index contributed by atoms with van der Waals surface area (Å²) in [4.78, 5) is 15.4. The molecule has 1 aliphatic rings. The van der Waals surface area contributed by atoms with Gasteiger partial charge in [-0.1, -0.05) is 67.4 Å². The Morgan fingerprint density at radius 3 is 2.39 bits per heavy atom. The minimum Gasteiger partial charge on any atom is -0.379 e. The smallest absolute Gasteiger partial charge is 0.227 e. The third kappa shape index (κ3) is 5.57. The summed E-state index contributed by atoms with van der Waals surface area (Å²) in [6, 6.07) is 18.1. The van der Waals surface area contributed by atoms with Crippen molar-refractivity contribution < 1.29 is 9.53 Å². The highest BCUT2D eigenvalue weighted by Crippen LogP contribution is 2.25. The first-order valence-corrected chi connectivity index (χ1v) is 10.5. The van der Waals surface area contributed by atoms with Crippen molar-refractivity contribution in [2.45, 2.75) is 31.7 Å². The molecule has 150 valence electrons. The van der Waals surface area contributed by atoms with Crippen LogP contribution < -0.4 is 5.32 Å². The molecule has 0 radical (unpaired) electrons. The van der Waals surface area contributed by atoms with Gasteiger partial charge in [-0.2, -0.15) is 0 Å². The zero-order valence-corrected chi connectivity index (χ0v) is 17.2. The number of morpholine rings is 1. The Hall–Kier alpha value is -1.88. The molecule has 0 aromatic heterocycles. The summed E-state index contributed by atoms with van der Waals surface area (Å²) in [6.45, 7) is 5.86. The number of amides is 1. The number of hydrogen-bond acceptors (Lipinski definition) is 3. The largest absolute Gasteiger partial charge is 0.379 e. The quantitative estimate of drug-likeness (QED) is 0.713. The average molecular weight is 401 g/mol. The van der Waals surface area contributed by atoms with E-state index >= 15 is 0 Å². The van der Waals surface area contributed by atoms with Gasteiger partial charge >= 0.3 is 0 Å². The Balaban J connectivity index is 1.72. The van der Waals surface area contributed by atoms with Crippen molar-refractivity contribution in [1.29, 1.82) is 0 Å². The van der Waals surface area contributed by atoms with Gasteiger partial charge in [0.1, 0.15) is 0 Å². The lowest BCUT2D eigenvalue weighted by molar-refractivity contribution is -0.123. The molecule has 2 aromatic carbocycles. The minimum atomic E-state index is -0.109. The number of carbonyl (C=O) groups is 1. The summed E-state index contributed by atoms with van der Waals surface area (Å²) in [7, 11) is 0. The van der Waals surface area contributed by atoms with Crippen molar-refractivity contribution >= 4 is 17.5 Å². The van der Waals surface area contributed by atoms with Crippen molar-refractivity contribution in [3.8, 4) is 0 Å². The number of halogens is 1. The number of rotatable bonds is 8. The van der Waals surface area contributed by atoms with E-state index in [1.54, 1.807) is 0 Å². The van der Waals surface area contributed by atoms with Crippen molar-refractivity contribution in [2.24, 2.45) is 0 Å². The van der Waals surface area contributed by atoms with E-state index in [0.717, 1.165) is 49.7 Å². The molecule has 1 heterocycles. The lowest BCUT2D eigenvalue weighted by Gasteiger charge is -2.35. The standard InChI is InChI=1S/C23H29ClN2O2/c1-2-6-21(18-7-4-3-5-8-18)23(27)25-17-22(26-13-15-28-16-14-26)19-9-11-20(24)12-10-19/h3-5,7-12,21-22H,2,6,13-17H2,1H3,(H,25,27). The fourth-order valence-corrected chi connectivity index (χ4v) is 3.90. The van der Waals surface area contributed by atoms with Crippen molar-refractivity contribution in [3.05, 3.63) is 70.7 Å². The van der Waals surface area contributed by atoms with Gasteiger partial charge in [0.2, 0.25) is 5.91 Å². The normalized spacial score (nSPS) is 17.1. The predicted molar refractivity (Wildman–Crippen MR) is 114 cm³/mol. The molecule has 3 rings (SSSR count). The van der Waals surface area contributed by atoms with Gasteiger partial charge in [-0.15, -0.1) is 0 Å². The summed E-state index contributed by atoms with van der Waals surface area (Å²) in [5, 5.41) is 3.94. The molecule has 1 N–H and O–H groups in total. The molecule has 0 spiro atoms. The maximum Gasteiger partial charge on any atom is 0.227 e. The molecule has 0 saturated carbocycles. The Bertz CT molecular complexity index is 730. The summed E-state index contributed by atoms with van der Waals surface area (Å²) in [5.41, 5.74) is 2.25. The molecule has 4 nitrogen and oxygen atoms in total. The second-order valence-electron chi connectivity index (χ2n) is 7.21. The van der Waals surface area contributed by atoms with Crippen LogP contribution in [0.4, 0.5) is 0 Å². The fraction of sp³-hybridized carbons (Fsp3) is 0.435. The van der Waals surface area contributed by atoms with E-state index in [0.29, 0.717) is 6.54 Å². The van der Waals surface area contributed by atoms with E-state index in [1.807, 2.05) is 42.5 Å². The molecule has 1 aliphatic heterocycles. The van der Waals surface area contributed by atoms with Gasteiger partial charge in [0, 0.05) is 24.7 Å². The van der Waals surface area contributed by atoms with Crippen LogP contribution in [0.25, 0.3) is 0 Å². The van der Waals surface area contributed by atoms with E-state index in [4.69, 9.17) is 16.3 Å². The van der Waals surface area contributed by atoms with Crippen LogP contribution in [0.2, 0.25) is 5.02 Å². The number of ether oxygens (including phenoxy) is 1. The summed E-state index contributed by atoms with van der Waals surface area (Å²) < 4.78 is 5.51. The molecule has 5 heteroatoms. The van der Waals surface area contributed by atoms with E-state index < -0.39 is 0 Å². The molecule has 0 bridgehead atoms. The van der Waals surface area contributed by atoms with Crippen molar-refractivity contribution in [2.75, 3.05) is 32.8 Å². The Morgan fingerprint density at radius 2 is 1.75 bits per heavy atom. The number of nitrogens with zero attached hydrogens (tertiary/aromatic N) is 1. The van der Waals surface area contributed by atoms with E-state index in [2.05, 4.69) is 29.3 Å². The Morgan fingerprint density at radius 1 is 1.07 bits per heavy atom. The van der Waals surface area contributed by atoms with Crippen molar-refractivity contribution in [3.63, 3.8) is 0 Å². The molecule has 1 fully saturated rings. The highest BCUT2D eigenvalue weighted by molar-refractivity contribution is 6.30. The maximum absolute atomic E-state index is 13.0. The number of benzene rings is 2. The predicted octanol–water partition coefficient (Wildman–Crippen LogP) is 4.41. The summed E-state index contributed by atoms with van der Waals surface area (Å²) in [6.07, 6.45) is 1.82. The molecule has 2 unspecified atom stereocenters. The molecule has 2 aromatic rings. The first-order chi connectivity index (χ1) is 13.7. The first-order valence-electron chi connectivity index (χ1n) is 10.1. The topological polar surface area (TPSA) is 41.6 Å². The zero-order chi connectivity index (χ0) is 19.8. The van der Waals surface area contributed by atoms with Gasteiger partial charge in [0.05, 0.1) is 25.2 Å². The van der Waals surface area contributed by atoms with Crippen LogP contribution in [0.15, 0.2) is 54.6 Å². The highest BCUT2D eigenvalue weighted by Gasteiger charge is 2.25. The number of carbonyl (C=O) groups excluding carboxylic acids is 1. The third-order valence-corrected chi connectivity index (χ3v) is 5.56. The SMILES string of the molecule is CCCC(C(=O)NCC(c1ccc(Cl)cc1)N1CCOCC1)c1ccccc1. The molecule has 28 heavy (non-hydrogen) atoms. The first kappa shape index (κ1) is 20.8. The molecular weight excluding hydrogens is 372 g/mol. The second-order valence-corrected chi connectivity index (χ2v) is 7.65. The van der Waals surface area contributed by atoms with E-state index in [-0.39, 0.29) is 17.9 Å². The van der Waals surface area contributed by atoms with Gasteiger partial charge in [0.25, 0.3) is 0 Å². The van der Waals surface area contributed by atoms with E-state index in [9.17, 15) is 4.79 Å².